The Bertz CT molecular complexity index is 965. The lowest BCUT2D eigenvalue weighted by Crippen LogP contribution is -2.12. The van der Waals surface area contributed by atoms with Crippen molar-refractivity contribution in [3.05, 3.63) is 71.4 Å². The Labute approximate surface area is 164 Å². The van der Waals surface area contributed by atoms with Gasteiger partial charge in [0.05, 0.1) is 19.8 Å². The van der Waals surface area contributed by atoms with Crippen molar-refractivity contribution in [2.45, 2.75) is 13.8 Å². The van der Waals surface area contributed by atoms with E-state index in [2.05, 4.69) is 21.7 Å². The van der Waals surface area contributed by atoms with Gasteiger partial charge in [0.1, 0.15) is 5.82 Å². The van der Waals surface area contributed by atoms with E-state index in [0.29, 0.717) is 22.9 Å². The Hall–Kier alpha value is -3.54. The zero-order valence-corrected chi connectivity index (χ0v) is 16.4. The number of methoxy groups -OCH3 is 2. The number of rotatable bonds is 6. The summed E-state index contributed by atoms with van der Waals surface area (Å²) in [5.74, 6) is 1.70. The molecule has 0 aliphatic rings. The summed E-state index contributed by atoms with van der Waals surface area (Å²) in [5, 5.41) is 6.09. The van der Waals surface area contributed by atoms with E-state index in [-0.39, 0.29) is 5.91 Å². The van der Waals surface area contributed by atoms with Crippen LogP contribution in [-0.2, 0) is 0 Å². The van der Waals surface area contributed by atoms with Gasteiger partial charge in [-0.2, -0.15) is 0 Å². The fourth-order valence-corrected chi connectivity index (χ4v) is 2.91. The average Bonchev–Trinajstić information content (AvgIpc) is 2.67. The minimum Gasteiger partial charge on any atom is -0.493 e. The van der Waals surface area contributed by atoms with Crippen LogP contribution in [0.1, 0.15) is 21.5 Å². The number of nitrogens with zero attached hydrogens (tertiary/aromatic N) is 1. The highest BCUT2D eigenvalue weighted by molar-refractivity contribution is 6.04. The molecule has 0 aliphatic carbocycles. The normalized spacial score (nSPS) is 10.3. The minimum atomic E-state index is -0.199. The Morgan fingerprint density at radius 2 is 1.57 bits per heavy atom. The first kappa shape index (κ1) is 19.2. The molecule has 6 nitrogen and oxygen atoms in total. The molecule has 0 fully saturated rings. The van der Waals surface area contributed by atoms with Gasteiger partial charge in [0.15, 0.2) is 11.5 Å². The lowest BCUT2D eigenvalue weighted by molar-refractivity contribution is 0.102. The van der Waals surface area contributed by atoms with Gasteiger partial charge in [-0.15, -0.1) is 0 Å². The third kappa shape index (κ3) is 4.59. The Morgan fingerprint density at radius 1 is 0.857 bits per heavy atom. The van der Waals surface area contributed by atoms with Gasteiger partial charge < -0.3 is 20.1 Å². The van der Waals surface area contributed by atoms with E-state index in [4.69, 9.17) is 9.47 Å². The minimum absolute atomic E-state index is 0.199. The predicted molar refractivity (Wildman–Crippen MR) is 111 cm³/mol. The van der Waals surface area contributed by atoms with Crippen molar-refractivity contribution in [2.75, 3.05) is 24.9 Å². The molecule has 28 heavy (non-hydrogen) atoms. The highest BCUT2D eigenvalue weighted by Crippen LogP contribution is 2.30. The molecule has 1 aromatic heterocycles. The van der Waals surface area contributed by atoms with Crippen LogP contribution in [0.25, 0.3) is 0 Å². The lowest BCUT2D eigenvalue weighted by atomic mass is 10.1. The molecule has 0 saturated heterocycles. The fraction of sp³-hybridized carbons (Fsp3) is 0.182. The number of amides is 1. The number of anilines is 3. The second kappa shape index (κ2) is 8.43. The van der Waals surface area contributed by atoms with Crippen LogP contribution in [0, 0.1) is 13.8 Å². The molecular weight excluding hydrogens is 354 g/mol. The lowest BCUT2D eigenvalue weighted by Gasteiger charge is -2.11. The highest BCUT2D eigenvalue weighted by Gasteiger charge is 2.09. The maximum absolute atomic E-state index is 12.5. The first-order valence-electron chi connectivity index (χ1n) is 8.83. The van der Waals surface area contributed by atoms with E-state index in [1.807, 2.05) is 44.2 Å². The second-order valence-corrected chi connectivity index (χ2v) is 6.46. The quantitative estimate of drug-likeness (QED) is 0.651. The molecule has 1 heterocycles. The smallest absolute Gasteiger partial charge is 0.257 e. The summed E-state index contributed by atoms with van der Waals surface area (Å²) in [7, 11) is 3.18. The van der Waals surface area contributed by atoms with Crippen molar-refractivity contribution in [1.29, 1.82) is 0 Å². The van der Waals surface area contributed by atoms with Crippen molar-refractivity contribution in [1.82, 2.24) is 4.98 Å². The van der Waals surface area contributed by atoms with E-state index in [1.165, 1.54) is 0 Å². The van der Waals surface area contributed by atoms with Gasteiger partial charge in [0.2, 0.25) is 0 Å². The summed E-state index contributed by atoms with van der Waals surface area (Å²) >= 11 is 0. The van der Waals surface area contributed by atoms with Crippen LogP contribution in [0.15, 0.2) is 54.7 Å². The Balaban J connectivity index is 1.70. The van der Waals surface area contributed by atoms with Crippen LogP contribution < -0.4 is 20.1 Å². The maximum atomic E-state index is 12.5. The van der Waals surface area contributed by atoms with E-state index < -0.39 is 0 Å². The van der Waals surface area contributed by atoms with Gasteiger partial charge >= 0.3 is 0 Å². The monoisotopic (exact) mass is 377 g/mol. The standard InChI is InChI=1S/C22H23N3O3/c1-14-9-15(2)11-18(10-14)25-22(26)16-5-8-21(23-13-16)24-17-6-7-19(27-3)20(12-17)28-4/h5-13H,1-4H3,(H,23,24)(H,25,26). The fourth-order valence-electron chi connectivity index (χ4n) is 2.91. The van der Waals surface area contributed by atoms with Crippen LogP contribution >= 0.6 is 0 Å². The van der Waals surface area contributed by atoms with Crippen LogP contribution in [0.2, 0.25) is 0 Å². The molecule has 3 aromatic rings. The van der Waals surface area contributed by atoms with Crippen molar-refractivity contribution in [3.8, 4) is 11.5 Å². The van der Waals surface area contributed by atoms with Crippen molar-refractivity contribution in [3.63, 3.8) is 0 Å². The Morgan fingerprint density at radius 3 is 2.18 bits per heavy atom. The third-order valence-electron chi connectivity index (χ3n) is 4.16. The summed E-state index contributed by atoms with van der Waals surface area (Å²) in [6.07, 6.45) is 1.54. The van der Waals surface area contributed by atoms with Crippen LogP contribution in [-0.4, -0.2) is 25.1 Å². The summed E-state index contributed by atoms with van der Waals surface area (Å²) in [4.78, 5) is 16.8. The zero-order valence-electron chi connectivity index (χ0n) is 16.4. The SMILES string of the molecule is COc1ccc(Nc2ccc(C(=O)Nc3cc(C)cc(C)c3)cn2)cc1OC. The number of carbonyl (C=O) groups is 1. The molecule has 0 aliphatic heterocycles. The molecule has 6 heteroatoms. The zero-order chi connectivity index (χ0) is 20.1. The van der Waals surface area contributed by atoms with E-state index in [1.54, 1.807) is 32.5 Å². The molecule has 0 atom stereocenters. The molecule has 0 spiro atoms. The maximum Gasteiger partial charge on any atom is 0.257 e. The highest BCUT2D eigenvalue weighted by atomic mass is 16.5. The number of ether oxygens (including phenoxy) is 2. The summed E-state index contributed by atoms with van der Waals surface area (Å²) in [6.45, 7) is 4.00. The molecule has 144 valence electrons. The van der Waals surface area contributed by atoms with E-state index >= 15 is 0 Å². The van der Waals surface area contributed by atoms with Gasteiger partial charge in [0, 0.05) is 23.6 Å². The summed E-state index contributed by atoms with van der Waals surface area (Å²) in [5.41, 5.74) is 4.26. The number of carbonyl (C=O) groups excluding carboxylic acids is 1. The second-order valence-electron chi connectivity index (χ2n) is 6.46. The molecular formula is C22H23N3O3. The number of hydrogen-bond acceptors (Lipinski definition) is 5. The van der Waals surface area contributed by atoms with Gasteiger partial charge in [0.25, 0.3) is 5.91 Å². The molecule has 0 radical (unpaired) electrons. The number of aromatic nitrogens is 1. The Kier molecular flexibility index (Phi) is 5.79. The number of benzene rings is 2. The van der Waals surface area contributed by atoms with Gasteiger partial charge in [-0.3, -0.25) is 4.79 Å². The van der Waals surface area contributed by atoms with Crippen molar-refractivity contribution >= 4 is 23.1 Å². The summed E-state index contributed by atoms with van der Waals surface area (Å²) in [6, 6.07) is 14.9. The molecule has 0 unspecified atom stereocenters. The van der Waals surface area contributed by atoms with Gasteiger partial charge in [-0.05, 0) is 61.4 Å². The molecule has 0 bridgehead atoms. The molecule has 3 rings (SSSR count). The first-order chi connectivity index (χ1) is 13.5. The van der Waals surface area contributed by atoms with Crippen LogP contribution in [0.5, 0.6) is 11.5 Å². The number of aryl methyl sites for hydroxylation is 2. The number of pyridine rings is 1. The van der Waals surface area contributed by atoms with Gasteiger partial charge in [-0.25, -0.2) is 4.98 Å². The largest absolute Gasteiger partial charge is 0.493 e. The first-order valence-corrected chi connectivity index (χ1v) is 8.83. The van der Waals surface area contributed by atoms with E-state index in [0.717, 1.165) is 22.5 Å². The molecule has 1 amide bonds. The van der Waals surface area contributed by atoms with Crippen LogP contribution in [0.3, 0.4) is 0 Å². The summed E-state index contributed by atoms with van der Waals surface area (Å²) < 4.78 is 10.5. The topological polar surface area (TPSA) is 72.5 Å². The van der Waals surface area contributed by atoms with Crippen molar-refractivity contribution < 1.29 is 14.3 Å². The average molecular weight is 377 g/mol. The van der Waals surface area contributed by atoms with Crippen molar-refractivity contribution in [2.24, 2.45) is 0 Å². The molecule has 0 saturated carbocycles. The third-order valence-corrected chi connectivity index (χ3v) is 4.16. The number of hydrogen-bond donors (Lipinski definition) is 2. The van der Waals surface area contributed by atoms with Crippen LogP contribution in [0.4, 0.5) is 17.2 Å². The van der Waals surface area contributed by atoms with Gasteiger partial charge in [-0.1, -0.05) is 6.07 Å². The predicted octanol–water partition coefficient (Wildman–Crippen LogP) is 4.71. The van der Waals surface area contributed by atoms with E-state index in [9.17, 15) is 4.79 Å². The number of nitrogens with one attached hydrogen (secondary N) is 2. The molecule has 2 aromatic carbocycles. The molecule has 2 N–H and O–H groups in total.